The molecule has 0 aromatic carbocycles. The molecule has 4 nitrogen and oxygen atoms in total. The third-order valence-corrected chi connectivity index (χ3v) is 3.40. The SMILES string of the molecule is Cc1cncc(NC(=O)[C@@H]2CN(C)C[C@H]2C(F)(F)F)c1. The Morgan fingerprint density at radius 3 is 2.70 bits per heavy atom. The number of anilines is 1. The number of halogens is 3. The Balaban J connectivity index is 2.11. The number of pyridine rings is 1. The number of aromatic nitrogens is 1. The van der Waals surface area contributed by atoms with Crippen LogP contribution < -0.4 is 5.32 Å². The number of nitrogens with zero attached hydrogens (tertiary/aromatic N) is 2. The molecular weight excluding hydrogens is 271 g/mol. The zero-order valence-corrected chi connectivity index (χ0v) is 11.2. The fraction of sp³-hybridized carbons (Fsp3) is 0.538. The van der Waals surface area contributed by atoms with E-state index in [0.29, 0.717) is 5.69 Å². The molecule has 0 unspecified atom stereocenters. The Kier molecular flexibility index (Phi) is 3.99. The average Bonchev–Trinajstić information content (AvgIpc) is 2.71. The zero-order chi connectivity index (χ0) is 14.9. The van der Waals surface area contributed by atoms with E-state index in [-0.39, 0.29) is 13.1 Å². The first kappa shape index (κ1) is 14.8. The van der Waals surface area contributed by atoms with E-state index in [1.165, 1.54) is 11.1 Å². The number of hydrogen-bond acceptors (Lipinski definition) is 3. The van der Waals surface area contributed by atoms with Crippen LogP contribution in [0.4, 0.5) is 18.9 Å². The van der Waals surface area contributed by atoms with Crippen molar-refractivity contribution in [1.29, 1.82) is 0 Å². The molecule has 1 aliphatic rings. The summed E-state index contributed by atoms with van der Waals surface area (Å²) in [5.74, 6) is -3.31. The number of amides is 1. The van der Waals surface area contributed by atoms with Gasteiger partial charge in [-0.15, -0.1) is 0 Å². The van der Waals surface area contributed by atoms with Gasteiger partial charge in [-0.2, -0.15) is 13.2 Å². The number of nitrogens with one attached hydrogen (secondary N) is 1. The van der Waals surface area contributed by atoms with Crippen LogP contribution in [0.25, 0.3) is 0 Å². The van der Waals surface area contributed by atoms with E-state index in [2.05, 4.69) is 10.3 Å². The summed E-state index contributed by atoms with van der Waals surface area (Å²) in [4.78, 5) is 17.5. The summed E-state index contributed by atoms with van der Waals surface area (Å²) in [5, 5.41) is 2.52. The maximum atomic E-state index is 12.9. The first-order chi connectivity index (χ1) is 9.27. The molecule has 0 bridgehead atoms. The normalized spacial score (nSPS) is 23.9. The van der Waals surface area contributed by atoms with Gasteiger partial charge in [0.1, 0.15) is 0 Å². The number of aryl methyl sites for hydroxylation is 1. The van der Waals surface area contributed by atoms with E-state index in [4.69, 9.17) is 0 Å². The van der Waals surface area contributed by atoms with Gasteiger partial charge in [-0.25, -0.2) is 0 Å². The Morgan fingerprint density at radius 1 is 1.40 bits per heavy atom. The van der Waals surface area contributed by atoms with Gasteiger partial charge in [-0.1, -0.05) is 0 Å². The first-order valence-electron chi connectivity index (χ1n) is 6.25. The second kappa shape index (κ2) is 5.40. The summed E-state index contributed by atoms with van der Waals surface area (Å²) in [6.07, 6.45) is -1.33. The molecule has 2 rings (SSSR count). The van der Waals surface area contributed by atoms with Crippen LogP contribution in [0, 0.1) is 18.8 Å². The Morgan fingerprint density at radius 2 is 2.10 bits per heavy atom. The van der Waals surface area contributed by atoms with Crippen molar-refractivity contribution in [2.75, 3.05) is 25.5 Å². The lowest BCUT2D eigenvalue weighted by Gasteiger charge is -2.20. The van der Waals surface area contributed by atoms with Gasteiger partial charge in [0, 0.05) is 19.3 Å². The summed E-state index contributed by atoms with van der Waals surface area (Å²) in [6, 6.07) is 1.67. The van der Waals surface area contributed by atoms with Crippen LogP contribution in [-0.4, -0.2) is 42.1 Å². The van der Waals surface area contributed by atoms with Crippen molar-refractivity contribution < 1.29 is 18.0 Å². The smallest absolute Gasteiger partial charge is 0.324 e. The van der Waals surface area contributed by atoms with Gasteiger partial charge in [-0.3, -0.25) is 9.78 Å². The number of carbonyl (C=O) groups excluding carboxylic acids is 1. The largest absolute Gasteiger partial charge is 0.393 e. The predicted molar refractivity (Wildman–Crippen MR) is 68.1 cm³/mol. The molecule has 1 saturated heterocycles. The summed E-state index contributed by atoms with van der Waals surface area (Å²) in [6.45, 7) is 1.76. The van der Waals surface area contributed by atoms with E-state index in [9.17, 15) is 18.0 Å². The molecule has 110 valence electrons. The lowest BCUT2D eigenvalue weighted by Crippen LogP contribution is -2.36. The van der Waals surface area contributed by atoms with Crippen molar-refractivity contribution in [3.05, 3.63) is 24.0 Å². The van der Waals surface area contributed by atoms with Crippen LogP contribution in [0.2, 0.25) is 0 Å². The number of likely N-dealkylation sites (tertiary alicyclic amines) is 1. The van der Waals surface area contributed by atoms with Crippen LogP contribution >= 0.6 is 0 Å². The molecule has 1 fully saturated rings. The number of alkyl halides is 3. The van der Waals surface area contributed by atoms with Crippen LogP contribution in [0.15, 0.2) is 18.5 Å². The molecule has 2 atom stereocenters. The second-order valence-corrected chi connectivity index (χ2v) is 5.22. The molecular formula is C13H16F3N3O. The Labute approximate surface area is 115 Å². The van der Waals surface area contributed by atoms with Crippen molar-refractivity contribution in [2.45, 2.75) is 13.1 Å². The van der Waals surface area contributed by atoms with Gasteiger partial charge in [-0.05, 0) is 25.6 Å². The van der Waals surface area contributed by atoms with Gasteiger partial charge in [0.25, 0.3) is 0 Å². The Bertz CT molecular complexity index is 504. The summed E-state index contributed by atoms with van der Waals surface area (Å²) >= 11 is 0. The molecule has 1 amide bonds. The number of carbonyl (C=O) groups is 1. The van der Waals surface area contributed by atoms with Crippen molar-refractivity contribution in [1.82, 2.24) is 9.88 Å². The molecule has 1 N–H and O–H groups in total. The number of rotatable bonds is 2. The number of hydrogen-bond donors (Lipinski definition) is 1. The van der Waals surface area contributed by atoms with E-state index in [1.807, 2.05) is 0 Å². The molecule has 0 saturated carbocycles. The highest BCUT2D eigenvalue weighted by molar-refractivity contribution is 5.93. The minimum absolute atomic E-state index is 0.106. The second-order valence-electron chi connectivity index (χ2n) is 5.22. The highest BCUT2D eigenvalue weighted by Gasteiger charge is 2.51. The first-order valence-corrected chi connectivity index (χ1v) is 6.25. The molecule has 0 aliphatic carbocycles. The summed E-state index contributed by atoms with van der Waals surface area (Å²) < 4.78 is 38.8. The van der Waals surface area contributed by atoms with E-state index in [0.717, 1.165) is 5.56 Å². The molecule has 20 heavy (non-hydrogen) atoms. The Hall–Kier alpha value is -1.63. The van der Waals surface area contributed by atoms with Crippen molar-refractivity contribution in [3.63, 3.8) is 0 Å². The maximum Gasteiger partial charge on any atom is 0.393 e. The van der Waals surface area contributed by atoms with Crippen molar-refractivity contribution in [3.8, 4) is 0 Å². The predicted octanol–water partition coefficient (Wildman–Crippen LogP) is 2.07. The fourth-order valence-corrected chi connectivity index (χ4v) is 2.46. The average molecular weight is 287 g/mol. The minimum Gasteiger partial charge on any atom is -0.324 e. The lowest BCUT2D eigenvalue weighted by atomic mass is 9.94. The van der Waals surface area contributed by atoms with Gasteiger partial charge >= 0.3 is 6.18 Å². The molecule has 2 heterocycles. The van der Waals surface area contributed by atoms with Gasteiger partial charge < -0.3 is 10.2 Å². The zero-order valence-electron chi connectivity index (χ0n) is 11.2. The van der Waals surface area contributed by atoms with E-state index >= 15 is 0 Å². The standard InChI is InChI=1S/C13H16F3N3O/c1-8-3-9(5-17-4-8)18-12(20)10-6-19(2)7-11(10)13(14,15)16/h3-5,10-11H,6-7H2,1-2H3,(H,18,20)/t10-,11-/m1/s1. The molecule has 0 spiro atoms. The van der Waals surface area contributed by atoms with Crippen molar-refractivity contribution >= 4 is 11.6 Å². The molecule has 0 radical (unpaired) electrons. The monoisotopic (exact) mass is 287 g/mol. The minimum atomic E-state index is -4.36. The van der Waals surface area contributed by atoms with Crippen LogP contribution in [0.3, 0.4) is 0 Å². The van der Waals surface area contributed by atoms with Gasteiger partial charge in [0.2, 0.25) is 5.91 Å². The van der Waals surface area contributed by atoms with Crippen LogP contribution in [-0.2, 0) is 4.79 Å². The third-order valence-electron chi connectivity index (χ3n) is 3.40. The fourth-order valence-electron chi connectivity index (χ4n) is 2.46. The molecule has 1 aromatic rings. The highest BCUT2D eigenvalue weighted by atomic mass is 19.4. The van der Waals surface area contributed by atoms with E-state index in [1.54, 1.807) is 26.2 Å². The topological polar surface area (TPSA) is 45.2 Å². The third kappa shape index (κ3) is 3.27. The molecule has 1 aromatic heterocycles. The van der Waals surface area contributed by atoms with Crippen molar-refractivity contribution in [2.24, 2.45) is 11.8 Å². The van der Waals surface area contributed by atoms with Crippen LogP contribution in [0.5, 0.6) is 0 Å². The lowest BCUT2D eigenvalue weighted by molar-refractivity contribution is -0.182. The van der Waals surface area contributed by atoms with Gasteiger partial charge in [0.15, 0.2) is 0 Å². The maximum absolute atomic E-state index is 12.9. The molecule has 7 heteroatoms. The summed E-state index contributed by atoms with van der Waals surface area (Å²) in [5.41, 5.74) is 1.25. The quantitative estimate of drug-likeness (QED) is 0.905. The van der Waals surface area contributed by atoms with Crippen LogP contribution in [0.1, 0.15) is 5.56 Å². The van der Waals surface area contributed by atoms with E-state index < -0.39 is 23.9 Å². The highest BCUT2D eigenvalue weighted by Crippen LogP contribution is 2.37. The van der Waals surface area contributed by atoms with Gasteiger partial charge in [0.05, 0.1) is 23.7 Å². The summed E-state index contributed by atoms with van der Waals surface area (Å²) in [7, 11) is 1.58. The molecule has 1 aliphatic heterocycles.